The maximum atomic E-state index is 13.0. The molecule has 8 heteroatoms. The van der Waals surface area contributed by atoms with Gasteiger partial charge in [-0.2, -0.15) is 0 Å². The Labute approximate surface area is 172 Å². The van der Waals surface area contributed by atoms with Crippen molar-refractivity contribution in [3.8, 4) is 11.1 Å². The van der Waals surface area contributed by atoms with Crippen LogP contribution in [0.25, 0.3) is 21.3 Å². The topological polar surface area (TPSA) is 90.3 Å². The van der Waals surface area contributed by atoms with Gasteiger partial charge in [-0.25, -0.2) is 4.98 Å². The summed E-state index contributed by atoms with van der Waals surface area (Å²) in [6.07, 6.45) is 1.73. The Balaban J connectivity index is 1.69. The second kappa shape index (κ2) is 9.47. The minimum Gasteiger partial charge on any atom is -0.466 e. The van der Waals surface area contributed by atoms with Crippen molar-refractivity contribution in [1.29, 1.82) is 0 Å². The lowest BCUT2D eigenvalue weighted by Crippen LogP contribution is -2.29. The minimum atomic E-state index is -0.347. The number of amides is 1. The highest BCUT2D eigenvalue weighted by atomic mass is 32.1. The quantitative estimate of drug-likeness (QED) is 0.574. The number of aryl methyl sites for hydroxylation is 2. The van der Waals surface area contributed by atoms with Crippen LogP contribution in [0.5, 0.6) is 0 Å². The first-order chi connectivity index (χ1) is 14.0. The molecule has 0 atom stereocenters. The molecule has 0 spiro atoms. The molecule has 2 aromatic heterocycles. The number of carbonyl (C=O) groups excluding carboxylic acids is 2. The number of nitrogens with one attached hydrogen (secondary N) is 1. The van der Waals surface area contributed by atoms with Gasteiger partial charge in [0.15, 0.2) is 0 Å². The Bertz CT molecular complexity index is 1070. The fourth-order valence-electron chi connectivity index (χ4n) is 2.92. The molecule has 0 radical (unpaired) electrons. The number of benzene rings is 1. The number of hydrogen-bond acceptors (Lipinski definition) is 6. The van der Waals surface area contributed by atoms with Crippen LogP contribution in [0.1, 0.15) is 25.3 Å². The Morgan fingerprint density at radius 2 is 1.97 bits per heavy atom. The van der Waals surface area contributed by atoms with Crippen LogP contribution in [0.3, 0.4) is 0 Å². The summed E-state index contributed by atoms with van der Waals surface area (Å²) in [5.74, 6) is -0.579. The molecule has 0 saturated heterocycles. The minimum absolute atomic E-state index is 0.125. The van der Waals surface area contributed by atoms with Gasteiger partial charge in [0.2, 0.25) is 5.91 Å². The van der Waals surface area contributed by atoms with Gasteiger partial charge in [-0.15, -0.1) is 11.3 Å². The summed E-state index contributed by atoms with van der Waals surface area (Å²) in [6.45, 7) is 4.50. The van der Waals surface area contributed by atoms with Gasteiger partial charge >= 0.3 is 5.97 Å². The normalized spacial score (nSPS) is 10.8. The van der Waals surface area contributed by atoms with Crippen LogP contribution in [0, 0.1) is 6.92 Å². The SMILES string of the molecule is CCOC(=O)CCNC(=O)CCn1cnc2scc(-c3ccc(C)cc3)c2c1=O. The summed E-state index contributed by atoms with van der Waals surface area (Å²) in [5.41, 5.74) is 2.81. The number of rotatable bonds is 8. The van der Waals surface area contributed by atoms with Crippen molar-refractivity contribution in [2.45, 2.75) is 33.2 Å². The first-order valence-electron chi connectivity index (χ1n) is 9.45. The lowest BCUT2D eigenvalue weighted by atomic mass is 10.1. The Morgan fingerprint density at radius 1 is 1.21 bits per heavy atom. The van der Waals surface area contributed by atoms with E-state index in [2.05, 4.69) is 10.3 Å². The van der Waals surface area contributed by atoms with Gasteiger partial charge in [-0.1, -0.05) is 29.8 Å². The van der Waals surface area contributed by atoms with Gasteiger partial charge in [0, 0.05) is 30.5 Å². The van der Waals surface area contributed by atoms with Gasteiger partial charge in [-0.05, 0) is 19.4 Å². The second-order valence-corrected chi connectivity index (χ2v) is 7.45. The van der Waals surface area contributed by atoms with E-state index in [1.807, 2.05) is 36.6 Å². The number of thiophene rings is 1. The van der Waals surface area contributed by atoms with E-state index in [1.54, 1.807) is 6.92 Å². The van der Waals surface area contributed by atoms with Gasteiger partial charge in [0.1, 0.15) is 4.83 Å². The van der Waals surface area contributed by atoms with E-state index >= 15 is 0 Å². The highest BCUT2D eigenvalue weighted by Crippen LogP contribution is 2.30. The molecule has 1 amide bonds. The molecule has 0 aliphatic rings. The highest BCUT2D eigenvalue weighted by Gasteiger charge is 2.14. The molecule has 3 aromatic rings. The maximum absolute atomic E-state index is 13.0. The number of nitrogens with zero attached hydrogens (tertiary/aromatic N) is 2. The molecule has 0 unspecified atom stereocenters. The lowest BCUT2D eigenvalue weighted by Gasteiger charge is -2.08. The predicted octanol–water partition coefficient (Wildman–Crippen LogP) is 2.89. The van der Waals surface area contributed by atoms with E-state index < -0.39 is 0 Å². The van der Waals surface area contributed by atoms with E-state index in [9.17, 15) is 14.4 Å². The van der Waals surface area contributed by atoms with Crippen molar-refractivity contribution < 1.29 is 14.3 Å². The standard InChI is InChI=1S/C21H23N3O4S/c1-3-28-18(26)8-10-22-17(25)9-11-24-13-23-20-19(21(24)27)16(12-29-20)15-6-4-14(2)5-7-15/h4-7,12-13H,3,8-11H2,1-2H3,(H,22,25). The van der Waals surface area contributed by atoms with Crippen LogP contribution in [-0.2, 0) is 20.9 Å². The predicted molar refractivity (Wildman–Crippen MR) is 113 cm³/mol. The van der Waals surface area contributed by atoms with E-state index in [4.69, 9.17) is 4.74 Å². The Hall–Kier alpha value is -3.00. The summed E-state index contributed by atoms with van der Waals surface area (Å²) in [5, 5.41) is 5.18. The number of hydrogen-bond donors (Lipinski definition) is 1. The highest BCUT2D eigenvalue weighted by molar-refractivity contribution is 7.17. The monoisotopic (exact) mass is 413 g/mol. The smallest absolute Gasteiger partial charge is 0.307 e. The summed E-state index contributed by atoms with van der Waals surface area (Å²) < 4.78 is 6.27. The average molecular weight is 413 g/mol. The summed E-state index contributed by atoms with van der Waals surface area (Å²) >= 11 is 1.43. The average Bonchev–Trinajstić information content (AvgIpc) is 3.13. The largest absolute Gasteiger partial charge is 0.466 e. The number of ether oxygens (including phenoxy) is 1. The van der Waals surface area contributed by atoms with Crippen molar-refractivity contribution in [3.63, 3.8) is 0 Å². The molecule has 7 nitrogen and oxygen atoms in total. The van der Waals surface area contributed by atoms with Gasteiger partial charge < -0.3 is 10.1 Å². The summed E-state index contributed by atoms with van der Waals surface area (Å²) in [7, 11) is 0. The first-order valence-corrected chi connectivity index (χ1v) is 10.3. The van der Waals surface area contributed by atoms with Crippen molar-refractivity contribution >= 4 is 33.4 Å². The number of esters is 1. The molecule has 0 aliphatic carbocycles. The number of aromatic nitrogens is 2. The van der Waals surface area contributed by atoms with Crippen molar-refractivity contribution in [2.75, 3.05) is 13.2 Å². The molecule has 29 heavy (non-hydrogen) atoms. The summed E-state index contributed by atoms with van der Waals surface area (Å²) in [4.78, 5) is 41.3. The van der Waals surface area contributed by atoms with E-state index in [0.29, 0.717) is 16.8 Å². The molecule has 0 aliphatic heterocycles. The molecule has 152 valence electrons. The van der Waals surface area contributed by atoms with Crippen molar-refractivity contribution in [1.82, 2.24) is 14.9 Å². The molecule has 3 rings (SSSR count). The Kier molecular flexibility index (Phi) is 6.77. The number of fused-ring (bicyclic) bond motifs is 1. The maximum Gasteiger partial charge on any atom is 0.307 e. The van der Waals surface area contributed by atoms with Gasteiger partial charge in [0.25, 0.3) is 5.56 Å². The molecule has 1 aromatic carbocycles. The van der Waals surface area contributed by atoms with E-state index in [-0.39, 0.29) is 43.4 Å². The van der Waals surface area contributed by atoms with E-state index in [1.165, 1.54) is 22.2 Å². The summed E-state index contributed by atoms with van der Waals surface area (Å²) in [6, 6.07) is 8.00. The number of carbonyl (C=O) groups is 2. The third-order valence-corrected chi connectivity index (χ3v) is 5.35. The zero-order valence-electron chi connectivity index (χ0n) is 16.4. The van der Waals surface area contributed by atoms with E-state index in [0.717, 1.165) is 16.7 Å². The van der Waals surface area contributed by atoms with Gasteiger partial charge in [0.05, 0.1) is 24.7 Å². The fourth-order valence-corrected chi connectivity index (χ4v) is 3.83. The molecule has 1 N–H and O–H groups in total. The molecule has 0 fully saturated rings. The van der Waals surface area contributed by atoms with Crippen LogP contribution in [0.4, 0.5) is 0 Å². The van der Waals surface area contributed by atoms with Crippen LogP contribution in [0.2, 0.25) is 0 Å². The second-order valence-electron chi connectivity index (χ2n) is 6.59. The zero-order valence-corrected chi connectivity index (χ0v) is 17.3. The first kappa shape index (κ1) is 20.7. The Morgan fingerprint density at radius 3 is 2.69 bits per heavy atom. The zero-order chi connectivity index (χ0) is 20.8. The van der Waals surface area contributed by atoms with Crippen LogP contribution in [0.15, 0.2) is 40.8 Å². The van der Waals surface area contributed by atoms with Crippen LogP contribution < -0.4 is 10.9 Å². The van der Waals surface area contributed by atoms with Crippen molar-refractivity contribution in [3.05, 3.63) is 51.9 Å². The molecule has 2 heterocycles. The lowest BCUT2D eigenvalue weighted by molar-refractivity contribution is -0.143. The van der Waals surface area contributed by atoms with Gasteiger partial charge in [-0.3, -0.25) is 19.0 Å². The third kappa shape index (κ3) is 5.08. The molecule has 0 bridgehead atoms. The van der Waals surface area contributed by atoms with Crippen LogP contribution >= 0.6 is 11.3 Å². The molecular weight excluding hydrogens is 390 g/mol. The third-order valence-electron chi connectivity index (χ3n) is 4.46. The molecular formula is C21H23N3O4S. The molecule has 0 saturated carbocycles. The van der Waals surface area contributed by atoms with Crippen LogP contribution in [-0.4, -0.2) is 34.6 Å². The van der Waals surface area contributed by atoms with Crippen molar-refractivity contribution in [2.24, 2.45) is 0 Å². The fraction of sp³-hybridized carbons (Fsp3) is 0.333.